The van der Waals surface area contributed by atoms with Crippen LogP contribution >= 0.6 is 43.2 Å². The van der Waals surface area contributed by atoms with E-state index in [0.29, 0.717) is 23.6 Å². The lowest BCUT2D eigenvalue weighted by Gasteiger charge is -2.12. The van der Waals surface area contributed by atoms with Crippen molar-refractivity contribution in [2.45, 2.75) is 6.54 Å². The lowest BCUT2D eigenvalue weighted by molar-refractivity contribution is 0.102. The Balaban J connectivity index is 2.39. The highest BCUT2D eigenvalue weighted by Crippen LogP contribution is 2.34. The number of ketones is 1. The lowest BCUT2D eigenvalue weighted by Crippen LogP contribution is -2.21. The van der Waals surface area contributed by atoms with Gasteiger partial charge >= 0.3 is 0 Å². The minimum atomic E-state index is -0.100. The van der Waals surface area contributed by atoms with Gasteiger partial charge in [-0.3, -0.25) is 9.48 Å². The van der Waals surface area contributed by atoms with Gasteiger partial charge in [0.2, 0.25) is 5.78 Å². The van der Waals surface area contributed by atoms with Crippen molar-refractivity contribution in [1.29, 1.82) is 0 Å². The number of rotatable bonds is 6. The Morgan fingerprint density at radius 3 is 2.71 bits per heavy atom. The van der Waals surface area contributed by atoms with Crippen molar-refractivity contribution in [1.82, 2.24) is 14.7 Å². The molecule has 8 heteroatoms. The van der Waals surface area contributed by atoms with Gasteiger partial charge in [0.25, 0.3) is 0 Å². The number of hydrogen-bond acceptors (Lipinski definition) is 5. The normalized spacial score (nSPS) is 11.1. The van der Waals surface area contributed by atoms with E-state index in [2.05, 4.69) is 37.0 Å². The molecule has 0 saturated carbocycles. The molecule has 0 aliphatic rings. The van der Waals surface area contributed by atoms with Gasteiger partial charge in [0.05, 0.1) is 33.0 Å². The first-order chi connectivity index (χ1) is 9.93. The lowest BCUT2D eigenvalue weighted by atomic mass is 10.1. The van der Waals surface area contributed by atoms with Gasteiger partial charge in [-0.1, -0.05) is 0 Å². The second-order valence-electron chi connectivity index (χ2n) is 4.65. The Hall–Kier alpha value is -0.700. The summed E-state index contributed by atoms with van der Waals surface area (Å²) in [5, 5.41) is 4.26. The second-order valence-corrected chi connectivity index (χ2v) is 8.40. The molecule has 5 nitrogen and oxygen atoms in total. The summed E-state index contributed by atoms with van der Waals surface area (Å²) in [5.74, 6) is 0.393. The number of halogens is 2. The summed E-state index contributed by atoms with van der Waals surface area (Å²) in [7, 11) is 5.51. The number of carbonyl (C=O) groups excluding carboxylic acids is 1. The molecule has 0 spiro atoms. The molecule has 2 rings (SSSR count). The van der Waals surface area contributed by atoms with Crippen molar-refractivity contribution in [3.05, 3.63) is 31.1 Å². The van der Waals surface area contributed by atoms with E-state index in [1.165, 1.54) is 11.3 Å². The standard InChI is InChI=1S/C13H15Br2N3O2S/c1-17(2)4-5-18-11(9(20-3)7-16-18)12(19)8-6-10(14)21-13(8)15/h6-7H,4-5H2,1-3H3. The average Bonchev–Trinajstić information content (AvgIpc) is 2.98. The van der Waals surface area contributed by atoms with Crippen LogP contribution in [-0.4, -0.2) is 48.2 Å². The number of methoxy groups -OCH3 is 1. The highest BCUT2D eigenvalue weighted by Gasteiger charge is 2.24. The maximum atomic E-state index is 12.8. The predicted molar refractivity (Wildman–Crippen MR) is 90.5 cm³/mol. The summed E-state index contributed by atoms with van der Waals surface area (Å²) >= 11 is 8.29. The molecule has 0 saturated heterocycles. The predicted octanol–water partition coefficient (Wildman–Crippen LogP) is 3.27. The monoisotopic (exact) mass is 435 g/mol. The molecule has 21 heavy (non-hydrogen) atoms. The number of aromatic nitrogens is 2. The van der Waals surface area contributed by atoms with Crippen LogP contribution in [0.4, 0.5) is 0 Å². The number of ether oxygens (including phenoxy) is 1. The van der Waals surface area contributed by atoms with E-state index in [1.807, 2.05) is 19.0 Å². The molecule has 0 bridgehead atoms. The Morgan fingerprint density at radius 2 is 2.19 bits per heavy atom. The molecule has 0 atom stereocenters. The Morgan fingerprint density at radius 1 is 1.48 bits per heavy atom. The molecule has 2 heterocycles. The van der Waals surface area contributed by atoms with Crippen molar-refractivity contribution in [3.63, 3.8) is 0 Å². The minimum absolute atomic E-state index is 0.100. The first-order valence-corrected chi connectivity index (χ1v) is 8.58. The first-order valence-electron chi connectivity index (χ1n) is 6.18. The number of likely N-dealkylation sites (N-methyl/N-ethyl adjacent to an activating group) is 1. The Labute approximate surface area is 144 Å². The number of thiophene rings is 1. The van der Waals surface area contributed by atoms with Crippen molar-refractivity contribution in [2.24, 2.45) is 0 Å². The van der Waals surface area contributed by atoms with Crippen LogP contribution in [0, 0.1) is 0 Å². The van der Waals surface area contributed by atoms with Crippen LogP contribution in [-0.2, 0) is 6.54 Å². The van der Waals surface area contributed by atoms with E-state index in [0.717, 1.165) is 14.1 Å². The first kappa shape index (κ1) is 16.7. The highest BCUT2D eigenvalue weighted by atomic mass is 79.9. The molecular formula is C13H15Br2N3O2S. The molecule has 0 N–H and O–H groups in total. The van der Waals surface area contributed by atoms with Gasteiger partial charge < -0.3 is 9.64 Å². The number of hydrogen-bond donors (Lipinski definition) is 0. The van der Waals surface area contributed by atoms with Gasteiger partial charge in [-0.25, -0.2) is 0 Å². The molecule has 0 fully saturated rings. The fraction of sp³-hybridized carbons (Fsp3) is 0.385. The van der Waals surface area contributed by atoms with Gasteiger partial charge in [-0.15, -0.1) is 11.3 Å². The van der Waals surface area contributed by atoms with Gasteiger partial charge in [0.1, 0.15) is 0 Å². The van der Waals surface area contributed by atoms with Gasteiger partial charge in [-0.05, 0) is 52.0 Å². The van der Waals surface area contributed by atoms with Crippen LogP contribution in [0.5, 0.6) is 5.75 Å². The Kier molecular flexibility index (Phi) is 5.59. The van der Waals surface area contributed by atoms with Crippen molar-refractivity contribution in [2.75, 3.05) is 27.7 Å². The van der Waals surface area contributed by atoms with Gasteiger partial charge in [0.15, 0.2) is 11.4 Å². The minimum Gasteiger partial charge on any atom is -0.493 e. The largest absolute Gasteiger partial charge is 0.493 e. The van der Waals surface area contributed by atoms with E-state index in [1.54, 1.807) is 24.1 Å². The summed E-state index contributed by atoms with van der Waals surface area (Å²) in [6.45, 7) is 1.42. The van der Waals surface area contributed by atoms with E-state index in [4.69, 9.17) is 4.74 Å². The second kappa shape index (κ2) is 7.04. The number of carbonyl (C=O) groups is 1. The molecule has 2 aromatic rings. The summed E-state index contributed by atoms with van der Waals surface area (Å²) in [5.41, 5.74) is 1.09. The van der Waals surface area contributed by atoms with Crippen molar-refractivity contribution >= 4 is 49.0 Å². The maximum absolute atomic E-state index is 12.8. The molecule has 114 valence electrons. The molecular weight excluding hydrogens is 422 g/mol. The van der Waals surface area contributed by atoms with Crippen LogP contribution in [0.15, 0.2) is 19.8 Å². The Bertz CT molecular complexity index is 652. The molecule has 2 aromatic heterocycles. The molecule has 0 aliphatic carbocycles. The van der Waals surface area contributed by atoms with E-state index >= 15 is 0 Å². The molecule has 0 aliphatic heterocycles. The fourth-order valence-corrected chi connectivity index (χ4v) is 4.63. The quantitative estimate of drug-likeness (QED) is 0.652. The topological polar surface area (TPSA) is 47.4 Å². The average molecular weight is 437 g/mol. The zero-order valence-corrected chi connectivity index (χ0v) is 15.9. The SMILES string of the molecule is COc1cnn(CCN(C)C)c1C(=O)c1cc(Br)sc1Br. The molecule has 0 unspecified atom stereocenters. The summed E-state index contributed by atoms with van der Waals surface area (Å²) in [6, 6.07) is 1.81. The summed E-state index contributed by atoms with van der Waals surface area (Å²) < 4.78 is 8.67. The van der Waals surface area contributed by atoms with Gasteiger partial charge in [-0.2, -0.15) is 5.10 Å². The third-order valence-corrected chi connectivity index (χ3v) is 5.24. The van der Waals surface area contributed by atoms with Crippen LogP contribution in [0.2, 0.25) is 0 Å². The van der Waals surface area contributed by atoms with Crippen molar-refractivity contribution < 1.29 is 9.53 Å². The zero-order valence-electron chi connectivity index (χ0n) is 11.9. The molecule has 0 radical (unpaired) electrons. The van der Waals surface area contributed by atoms with Gasteiger partial charge in [0, 0.05) is 6.54 Å². The maximum Gasteiger partial charge on any atom is 0.216 e. The van der Waals surface area contributed by atoms with E-state index < -0.39 is 0 Å². The number of nitrogens with zero attached hydrogens (tertiary/aromatic N) is 3. The van der Waals surface area contributed by atoms with E-state index in [-0.39, 0.29) is 5.78 Å². The molecule has 0 aromatic carbocycles. The van der Waals surface area contributed by atoms with Crippen LogP contribution in [0.25, 0.3) is 0 Å². The third-order valence-electron chi connectivity index (χ3n) is 2.90. The van der Waals surface area contributed by atoms with Crippen molar-refractivity contribution in [3.8, 4) is 5.75 Å². The smallest absolute Gasteiger partial charge is 0.216 e. The fourth-order valence-electron chi connectivity index (χ4n) is 1.83. The van der Waals surface area contributed by atoms with Crippen LogP contribution in [0.1, 0.15) is 16.1 Å². The van der Waals surface area contributed by atoms with E-state index in [9.17, 15) is 4.79 Å². The summed E-state index contributed by atoms with van der Waals surface area (Å²) in [6.07, 6.45) is 1.58. The molecule has 0 amide bonds. The zero-order chi connectivity index (χ0) is 15.6. The third kappa shape index (κ3) is 3.74. The summed E-state index contributed by atoms with van der Waals surface area (Å²) in [4.78, 5) is 14.8. The van der Waals surface area contributed by atoms with Crippen LogP contribution < -0.4 is 4.74 Å². The highest BCUT2D eigenvalue weighted by molar-refractivity contribution is 9.12. The van der Waals surface area contributed by atoms with Crippen LogP contribution in [0.3, 0.4) is 0 Å².